The van der Waals surface area contributed by atoms with Crippen molar-refractivity contribution in [1.29, 1.82) is 0 Å². The first-order chi connectivity index (χ1) is 14.5. The van der Waals surface area contributed by atoms with Crippen molar-refractivity contribution in [3.8, 4) is 10.6 Å². The number of amides is 1. The van der Waals surface area contributed by atoms with Crippen molar-refractivity contribution in [2.45, 2.75) is 19.1 Å². The molecule has 4 aromatic rings. The molecule has 3 aromatic carbocycles. The molecule has 0 aliphatic rings. The number of thiazole rings is 1. The Kier molecular flexibility index (Phi) is 5.63. The van der Waals surface area contributed by atoms with Crippen LogP contribution in [0, 0.1) is 0 Å². The van der Waals surface area contributed by atoms with Gasteiger partial charge in [-0.25, -0.2) is 10.0 Å². The summed E-state index contributed by atoms with van der Waals surface area (Å²) in [6.45, 7) is 1.83. The van der Waals surface area contributed by atoms with Gasteiger partial charge < -0.3 is 4.74 Å². The number of benzene rings is 3. The minimum Gasteiger partial charge on any atom is -0.354 e. The molecule has 6 heteroatoms. The van der Waals surface area contributed by atoms with Crippen molar-refractivity contribution < 1.29 is 14.7 Å². The second kappa shape index (κ2) is 8.36. The Hall–Kier alpha value is -3.06. The maximum atomic E-state index is 13.0. The molecule has 1 aromatic heterocycles. The molecule has 4 rings (SSSR count). The van der Waals surface area contributed by atoms with Crippen molar-refractivity contribution in [3.63, 3.8) is 0 Å². The first kappa shape index (κ1) is 20.2. The minimum atomic E-state index is -1.37. The molecule has 152 valence electrons. The van der Waals surface area contributed by atoms with Crippen LogP contribution < -0.4 is 0 Å². The van der Waals surface area contributed by atoms with Crippen LogP contribution in [0.15, 0.2) is 78.2 Å². The van der Waals surface area contributed by atoms with Crippen LogP contribution in [0.25, 0.3) is 21.3 Å². The average molecular weight is 419 g/mol. The Morgan fingerprint density at radius 1 is 1.07 bits per heavy atom. The van der Waals surface area contributed by atoms with E-state index in [9.17, 15) is 10.0 Å². The summed E-state index contributed by atoms with van der Waals surface area (Å²) in [6, 6.07) is 23.5. The number of hydrogen-bond donors (Lipinski definition) is 1. The van der Waals surface area contributed by atoms with Gasteiger partial charge in [0.15, 0.2) is 5.60 Å². The maximum Gasteiger partial charge on any atom is 0.282 e. The molecule has 30 heavy (non-hydrogen) atoms. The maximum absolute atomic E-state index is 13.0. The van der Waals surface area contributed by atoms with Crippen LogP contribution in [-0.2, 0) is 21.7 Å². The van der Waals surface area contributed by atoms with Gasteiger partial charge in [-0.15, -0.1) is 11.3 Å². The van der Waals surface area contributed by atoms with Crippen LogP contribution in [0.3, 0.4) is 0 Å². The van der Waals surface area contributed by atoms with Gasteiger partial charge in [-0.3, -0.25) is 10.0 Å². The number of rotatable bonds is 6. The zero-order valence-electron chi connectivity index (χ0n) is 16.8. The topological polar surface area (TPSA) is 62.7 Å². The summed E-state index contributed by atoms with van der Waals surface area (Å²) in [5, 5.41) is 15.2. The summed E-state index contributed by atoms with van der Waals surface area (Å²) < 4.78 is 6.18. The second-order valence-corrected chi connectivity index (χ2v) is 8.05. The van der Waals surface area contributed by atoms with E-state index in [1.54, 1.807) is 6.92 Å². The summed E-state index contributed by atoms with van der Waals surface area (Å²) >= 11 is 1.53. The fourth-order valence-electron chi connectivity index (χ4n) is 3.51. The second-order valence-electron chi connectivity index (χ2n) is 7.19. The molecule has 0 saturated carbocycles. The van der Waals surface area contributed by atoms with Gasteiger partial charge in [0, 0.05) is 23.6 Å². The quantitative estimate of drug-likeness (QED) is 0.343. The van der Waals surface area contributed by atoms with Gasteiger partial charge in [-0.05, 0) is 17.7 Å². The van der Waals surface area contributed by atoms with Crippen molar-refractivity contribution in [2.75, 3.05) is 7.05 Å². The van der Waals surface area contributed by atoms with Gasteiger partial charge in [0.25, 0.3) is 5.91 Å². The number of nitrogens with zero attached hydrogens (tertiary/aromatic N) is 2. The summed E-state index contributed by atoms with van der Waals surface area (Å²) in [5.41, 5.74) is 1.10. The normalized spacial score (nSPS) is 13.2. The van der Waals surface area contributed by atoms with E-state index in [1.165, 1.54) is 18.4 Å². The zero-order chi connectivity index (χ0) is 21.1. The lowest BCUT2D eigenvalue weighted by molar-refractivity contribution is -0.187. The van der Waals surface area contributed by atoms with E-state index in [0.29, 0.717) is 10.6 Å². The molecule has 5 nitrogen and oxygen atoms in total. The fraction of sp³-hybridized carbons (Fsp3) is 0.167. The number of aromatic nitrogens is 1. The Labute approximate surface area is 179 Å². The van der Waals surface area contributed by atoms with Crippen LogP contribution >= 0.6 is 11.3 Å². The summed E-state index contributed by atoms with van der Waals surface area (Å²) in [4.78, 5) is 17.6. The van der Waals surface area contributed by atoms with E-state index in [1.807, 2.05) is 78.2 Å². The summed E-state index contributed by atoms with van der Waals surface area (Å²) in [5.74, 6) is -0.544. The molecule has 1 atom stereocenters. The van der Waals surface area contributed by atoms with Crippen LogP contribution in [0.4, 0.5) is 0 Å². The van der Waals surface area contributed by atoms with Gasteiger partial charge in [0.1, 0.15) is 5.01 Å². The highest BCUT2D eigenvalue weighted by atomic mass is 32.1. The Morgan fingerprint density at radius 3 is 2.53 bits per heavy atom. The molecule has 0 aliphatic carbocycles. The molecule has 0 radical (unpaired) electrons. The monoisotopic (exact) mass is 418 g/mol. The molecule has 1 amide bonds. The average Bonchev–Trinajstić information content (AvgIpc) is 3.26. The largest absolute Gasteiger partial charge is 0.354 e. The lowest BCUT2D eigenvalue weighted by Crippen LogP contribution is -2.44. The number of likely N-dealkylation sites (N-methyl/N-ethyl adjacent to an activating group) is 1. The van der Waals surface area contributed by atoms with E-state index < -0.39 is 11.5 Å². The summed E-state index contributed by atoms with van der Waals surface area (Å²) in [7, 11) is 1.31. The highest BCUT2D eigenvalue weighted by Crippen LogP contribution is 2.34. The van der Waals surface area contributed by atoms with Gasteiger partial charge >= 0.3 is 0 Å². The molecule has 0 fully saturated rings. The lowest BCUT2D eigenvalue weighted by Gasteiger charge is -2.31. The molecule has 0 unspecified atom stereocenters. The van der Waals surface area contributed by atoms with E-state index >= 15 is 0 Å². The third-order valence-electron chi connectivity index (χ3n) is 5.09. The predicted molar refractivity (Wildman–Crippen MR) is 118 cm³/mol. The number of hydroxylamine groups is 2. The SMILES string of the molecule is CN(O)C(=O)[C@@](C)(OCc1csc(-c2ccccc2)n1)c1cccc2ccccc12. The smallest absolute Gasteiger partial charge is 0.282 e. The lowest BCUT2D eigenvalue weighted by atomic mass is 9.89. The zero-order valence-corrected chi connectivity index (χ0v) is 17.6. The van der Waals surface area contributed by atoms with Crippen molar-refractivity contribution in [1.82, 2.24) is 10.0 Å². The third kappa shape index (κ3) is 3.85. The Morgan fingerprint density at radius 2 is 1.77 bits per heavy atom. The van der Waals surface area contributed by atoms with Crippen LogP contribution in [0.1, 0.15) is 18.2 Å². The van der Waals surface area contributed by atoms with Gasteiger partial charge in [-0.1, -0.05) is 72.8 Å². The molecule has 0 saturated heterocycles. The van der Waals surface area contributed by atoms with E-state index in [-0.39, 0.29) is 6.61 Å². The highest BCUT2D eigenvalue weighted by molar-refractivity contribution is 7.13. The summed E-state index contributed by atoms with van der Waals surface area (Å²) in [6.07, 6.45) is 0. The van der Waals surface area contributed by atoms with Crippen molar-refractivity contribution in [2.24, 2.45) is 0 Å². The van der Waals surface area contributed by atoms with E-state index in [0.717, 1.165) is 27.0 Å². The van der Waals surface area contributed by atoms with Crippen molar-refractivity contribution in [3.05, 3.63) is 89.4 Å². The minimum absolute atomic E-state index is 0.142. The van der Waals surface area contributed by atoms with Gasteiger partial charge in [0.05, 0.1) is 12.3 Å². The van der Waals surface area contributed by atoms with Gasteiger partial charge in [0.2, 0.25) is 0 Å². The Balaban J connectivity index is 1.67. The molecular formula is C24H22N2O3S. The molecular weight excluding hydrogens is 396 g/mol. The van der Waals surface area contributed by atoms with E-state index in [2.05, 4.69) is 4.98 Å². The number of fused-ring (bicyclic) bond motifs is 1. The highest BCUT2D eigenvalue weighted by Gasteiger charge is 2.40. The fourth-order valence-corrected chi connectivity index (χ4v) is 4.32. The van der Waals surface area contributed by atoms with Crippen LogP contribution in [0.5, 0.6) is 0 Å². The first-order valence-electron chi connectivity index (χ1n) is 9.58. The first-order valence-corrected chi connectivity index (χ1v) is 10.5. The molecule has 1 heterocycles. The van der Waals surface area contributed by atoms with Gasteiger partial charge in [-0.2, -0.15) is 0 Å². The third-order valence-corrected chi connectivity index (χ3v) is 6.03. The van der Waals surface area contributed by atoms with Crippen LogP contribution in [-0.4, -0.2) is 28.2 Å². The number of carbonyl (C=O) groups excluding carboxylic acids is 1. The molecule has 1 N–H and O–H groups in total. The van der Waals surface area contributed by atoms with E-state index in [4.69, 9.17) is 4.74 Å². The number of ether oxygens (including phenoxy) is 1. The number of carbonyl (C=O) groups is 1. The molecule has 0 aliphatic heterocycles. The molecule has 0 spiro atoms. The van der Waals surface area contributed by atoms with Crippen LogP contribution in [0.2, 0.25) is 0 Å². The van der Waals surface area contributed by atoms with Crippen molar-refractivity contribution >= 4 is 28.0 Å². The molecule has 0 bridgehead atoms. The Bertz CT molecular complexity index is 1170. The predicted octanol–water partition coefficient (Wildman–Crippen LogP) is 5.24. The number of hydrogen-bond acceptors (Lipinski definition) is 5. The standard InChI is InChI=1S/C24H22N2O3S/c1-24(23(27)26(2)28,21-14-8-12-17-9-6-7-13-20(17)21)29-15-19-16-30-22(25-19)18-10-4-3-5-11-18/h3-14,16,28H,15H2,1-2H3/t24-/m0/s1.